The van der Waals surface area contributed by atoms with Gasteiger partial charge < -0.3 is 5.32 Å². The van der Waals surface area contributed by atoms with Crippen LogP contribution in [0.4, 0.5) is 0 Å². The Morgan fingerprint density at radius 2 is 1.89 bits per heavy atom. The van der Waals surface area contributed by atoms with Gasteiger partial charge in [-0.2, -0.15) is 5.10 Å². The van der Waals surface area contributed by atoms with E-state index < -0.39 is 11.8 Å². The molecule has 1 aliphatic carbocycles. The van der Waals surface area contributed by atoms with Crippen molar-refractivity contribution in [2.45, 2.75) is 18.9 Å². The van der Waals surface area contributed by atoms with Crippen LogP contribution < -0.4 is 10.7 Å². The van der Waals surface area contributed by atoms with Gasteiger partial charge >= 0.3 is 11.8 Å². The largest absolute Gasteiger partial charge is 0.345 e. The van der Waals surface area contributed by atoms with E-state index in [1.54, 1.807) is 6.08 Å². The van der Waals surface area contributed by atoms with Crippen LogP contribution in [0, 0.1) is 0 Å². The molecule has 1 aromatic carbocycles. The summed E-state index contributed by atoms with van der Waals surface area (Å²) in [6.07, 6.45) is 6.85. The summed E-state index contributed by atoms with van der Waals surface area (Å²) >= 11 is 0. The van der Waals surface area contributed by atoms with Crippen LogP contribution in [0.1, 0.15) is 18.4 Å². The van der Waals surface area contributed by atoms with Gasteiger partial charge in [-0.3, -0.25) is 9.59 Å². The van der Waals surface area contributed by atoms with E-state index in [1.165, 1.54) is 6.21 Å². The lowest BCUT2D eigenvalue weighted by molar-refractivity contribution is -0.139. The van der Waals surface area contributed by atoms with Gasteiger partial charge in [-0.1, -0.05) is 36.4 Å². The number of carbonyl (C=O) groups is 2. The first kappa shape index (κ1) is 13.0. The number of hydrogen-bond acceptors (Lipinski definition) is 3. The van der Waals surface area contributed by atoms with Crippen molar-refractivity contribution < 1.29 is 9.59 Å². The van der Waals surface area contributed by atoms with Crippen molar-refractivity contribution in [2.75, 3.05) is 0 Å². The highest BCUT2D eigenvalue weighted by atomic mass is 16.2. The fourth-order valence-electron chi connectivity index (χ4n) is 1.39. The van der Waals surface area contributed by atoms with Crippen molar-refractivity contribution in [3.05, 3.63) is 42.0 Å². The normalized spacial score (nSPS) is 14.7. The van der Waals surface area contributed by atoms with Crippen molar-refractivity contribution in [1.82, 2.24) is 10.7 Å². The molecule has 0 spiro atoms. The van der Waals surface area contributed by atoms with Crippen molar-refractivity contribution in [2.24, 2.45) is 5.10 Å². The number of rotatable bonds is 4. The highest BCUT2D eigenvalue weighted by molar-refractivity contribution is 6.35. The predicted molar refractivity (Wildman–Crippen MR) is 73.3 cm³/mol. The Morgan fingerprint density at radius 1 is 1.16 bits per heavy atom. The highest BCUT2D eigenvalue weighted by Gasteiger charge is 2.26. The van der Waals surface area contributed by atoms with E-state index in [9.17, 15) is 9.59 Å². The molecule has 1 aromatic rings. The summed E-state index contributed by atoms with van der Waals surface area (Å²) in [5, 5.41) is 6.24. The molecular formula is C14H15N3O2. The standard InChI is InChI=1S/C14H15N3O2/c18-13(16-12-8-9-12)14(19)17-15-10-4-7-11-5-2-1-3-6-11/h1-7,10,12H,8-9H2,(H,16,18)(H,17,19)/b7-4+,15-10-. The van der Waals surface area contributed by atoms with Crippen LogP contribution in [-0.4, -0.2) is 24.1 Å². The lowest BCUT2D eigenvalue weighted by Gasteiger charge is -1.99. The van der Waals surface area contributed by atoms with E-state index in [1.807, 2.05) is 36.4 Å². The zero-order valence-electron chi connectivity index (χ0n) is 10.4. The zero-order chi connectivity index (χ0) is 13.5. The van der Waals surface area contributed by atoms with Gasteiger partial charge in [0.25, 0.3) is 0 Å². The average Bonchev–Trinajstić information content (AvgIpc) is 3.23. The maximum Gasteiger partial charge on any atom is 0.329 e. The van der Waals surface area contributed by atoms with E-state index in [0.29, 0.717) is 0 Å². The molecule has 0 heterocycles. The predicted octanol–water partition coefficient (Wildman–Crippen LogP) is 1.08. The smallest absolute Gasteiger partial charge is 0.329 e. The number of allylic oxidation sites excluding steroid dienone is 1. The molecule has 2 N–H and O–H groups in total. The van der Waals surface area contributed by atoms with Crippen molar-refractivity contribution in [3.8, 4) is 0 Å². The molecule has 0 unspecified atom stereocenters. The number of carbonyl (C=O) groups excluding carboxylic acids is 2. The minimum Gasteiger partial charge on any atom is -0.345 e. The van der Waals surface area contributed by atoms with Crippen LogP contribution >= 0.6 is 0 Å². The molecule has 2 rings (SSSR count). The molecule has 0 aliphatic heterocycles. The van der Waals surface area contributed by atoms with Crippen molar-refractivity contribution >= 4 is 24.1 Å². The summed E-state index contributed by atoms with van der Waals surface area (Å²) in [7, 11) is 0. The molecule has 1 aliphatic rings. The Morgan fingerprint density at radius 3 is 2.58 bits per heavy atom. The Hall–Kier alpha value is -2.43. The van der Waals surface area contributed by atoms with Gasteiger partial charge in [-0.05, 0) is 24.5 Å². The topological polar surface area (TPSA) is 70.6 Å². The van der Waals surface area contributed by atoms with Crippen LogP contribution in [0.25, 0.3) is 6.08 Å². The molecule has 19 heavy (non-hydrogen) atoms. The minimum atomic E-state index is -0.740. The van der Waals surface area contributed by atoms with Gasteiger partial charge in [0.1, 0.15) is 0 Å². The molecule has 98 valence electrons. The molecule has 2 amide bonds. The Bertz CT molecular complexity index is 505. The number of nitrogens with zero attached hydrogens (tertiary/aromatic N) is 1. The fraction of sp³-hybridized carbons (Fsp3) is 0.214. The number of hydrazone groups is 1. The number of amides is 2. The molecule has 5 nitrogen and oxygen atoms in total. The van der Waals surface area contributed by atoms with Crippen LogP contribution in [0.2, 0.25) is 0 Å². The van der Waals surface area contributed by atoms with E-state index in [0.717, 1.165) is 18.4 Å². The zero-order valence-corrected chi connectivity index (χ0v) is 10.4. The SMILES string of the molecule is O=C(N/N=C\C=C\c1ccccc1)C(=O)NC1CC1. The van der Waals surface area contributed by atoms with E-state index in [-0.39, 0.29) is 6.04 Å². The summed E-state index contributed by atoms with van der Waals surface area (Å²) < 4.78 is 0. The lowest BCUT2D eigenvalue weighted by atomic mass is 10.2. The lowest BCUT2D eigenvalue weighted by Crippen LogP contribution is -2.38. The number of benzene rings is 1. The third-order valence-electron chi connectivity index (χ3n) is 2.53. The van der Waals surface area contributed by atoms with Crippen molar-refractivity contribution in [1.29, 1.82) is 0 Å². The molecular weight excluding hydrogens is 242 g/mol. The average molecular weight is 257 g/mol. The van der Waals surface area contributed by atoms with Gasteiger partial charge in [0.15, 0.2) is 0 Å². The first-order chi connectivity index (χ1) is 9.25. The Labute approximate surface area is 111 Å². The summed E-state index contributed by atoms with van der Waals surface area (Å²) in [6, 6.07) is 9.87. The first-order valence-corrected chi connectivity index (χ1v) is 6.11. The summed E-state index contributed by atoms with van der Waals surface area (Å²) in [6.45, 7) is 0. The molecule has 5 heteroatoms. The molecule has 0 aromatic heterocycles. The van der Waals surface area contributed by atoms with Crippen LogP contribution in [0.5, 0.6) is 0 Å². The first-order valence-electron chi connectivity index (χ1n) is 6.11. The van der Waals surface area contributed by atoms with E-state index in [2.05, 4.69) is 15.8 Å². The molecule has 0 bridgehead atoms. The van der Waals surface area contributed by atoms with Gasteiger partial charge in [0.2, 0.25) is 0 Å². The highest BCUT2D eigenvalue weighted by Crippen LogP contribution is 2.18. The molecule has 0 saturated heterocycles. The second kappa shape index (κ2) is 6.49. The third kappa shape index (κ3) is 4.75. The summed E-state index contributed by atoms with van der Waals surface area (Å²) in [4.78, 5) is 22.5. The second-order valence-corrected chi connectivity index (χ2v) is 4.24. The van der Waals surface area contributed by atoms with Gasteiger partial charge in [-0.15, -0.1) is 0 Å². The molecule has 1 saturated carbocycles. The summed E-state index contributed by atoms with van der Waals surface area (Å²) in [5.74, 6) is -1.37. The molecule has 0 radical (unpaired) electrons. The third-order valence-corrected chi connectivity index (χ3v) is 2.53. The molecule has 1 fully saturated rings. The molecule has 0 atom stereocenters. The minimum absolute atomic E-state index is 0.167. The van der Waals surface area contributed by atoms with E-state index in [4.69, 9.17) is 0 Å². The van der Waals surface area contributed by atoms with Gasteiger partial charge in [-0.25, -0.2) is 5.43 Å². The maximum absolute atomic E-state index is 11.3. The van der Waals surface area contributed by atoms with Crippen LogP contribution in [-0.2, 0) is 9.59 Å². The summed E-state index contributed by atoms with van der Waals surface area (Å²) in [5.41, 5.74) is 3.20. The monoisotopic (exact) mass is 257 g/mol. The number of nitrogens with one attached hydrogen (secondary N) is 2. The fourth-order valence-corrected chi connectivity index (χ4v) is 1.39. The Balaban J connectivity index is 1.72. The Kier molecular flexibility index (Phi) is 4.44. The van der Waals surface area contributed by atoms with Crippen LogP contribution in [0.15, 0.2) is 41.5 Å². The van der Waals surface area contributed by atoms with E-state index >= 15 is 0 Å². The second-order valence-electron chi connectivity index (χ2n) is 4.24. The quantitative estimate of drug-likeness (QED) is 0.481. The van der Waals surface area contributed by atoms with Gasteiger partial charge in [0, 0.05) is 12.3 Å². The number of hydrogen-bond donors (Lipinski definition) is 2. The maximum atomic E-state index is 11.3. The van der Waals surface area contributed by atoms with Crippen LogP contribution in [0.3, 0.4) is 0 Å². The van der Waals surface area contributed by atoms with Crippen molar-refractivity contribution in [3.63, 3.8) is 0 Å². The van der Waals surface area contributed by atoms with Gasteiger partial charge in [0.05, 0.1) is 0 Å².